The summed E-state index contributed by atoms with van der Waals surface area (Å²) < 4.78 is 0. The van der Waals surface area contributed by atoms with E-state index in [1.807, 2.05) is 65.6 Å². The fourth-order valence-corrected chi connectivity index (χ4v) is 4.85. The predicted molar refractivity (Wildman–Crippen MR) is 124 cm³/mol. The number of nitrogens with one attached hydrogen (secondary N) is 1. The van der Waals surface area contributed by atoms with E-state index in [4.69, 9.17) is 0 Å². The zero-order valence-corrected chi connectivity index (χ0v) is 17.9. The summed E-state index contributed by atoms with van der Waals surface area (Å²) in [5, 5.41) is 2.85. The van der Waals surface area contributed by atoms with Crippen molar-refractivity contribution in [3.8, 4) is 0 Å². The number of hydrogen-bond donors (Lipinski definition) is 1. The largest absolute Gasteiger partial charge is 0.322 e. The van der Waals surface area contributed by atoms with E-state index in [1.54, 1.807) is 23.9 Å². The highest BCUT2D eigenvalue weighted by Gasteiger charge is 2.35. The van der Waals surface area contributed by atoms with E-state index in [2.05, 4.69) is 25.2 Å². The smallest absolute Gasteiger partial charge is 0.255 e. The number of benzene rings is 3. The maximum Gasteiger partial charge on any atom is 0.255 e. The third kappa shape index (κ3) is 4.12. The molecule has 1 N–H and O–H groups in total. The Hall–Kier alpha value is -3.05. The average Bonchev–Trinajstić information content (AvgIpc) is 3.15. The first-order chi connectivity index (χ1) is 14.5. The first-order valence-electron chi connectivity index (χ1n) is 10.0. The zero-order chi connectivity index (χ0) is 21.1. The van der Waals surface area contributed by atoms with Gasteiger partial charge in [-0.15, -0.1) is 11.8 Å². The molecule has 0 saturated carbocycles. The van der Waals surface area contributed by atoms with Crippen LogP contribution in [0, 0.1) is 0 Å². The van der Waals surface area contributed by atoms with Crippen molar-refractivity contribution in [2.24, 2.45) is 0 Å². The second kappa shape index (κ2) is 8.76. The monoisotopic (exact) mass is 416 g/mol. The van der Waals surface area contributed by atoms with E-state index in [9.17, 15) is 9.59 Å². The zero-order valence-electron chi connectivity index (χ0n) is 17.0. The maximum absolute atomic E-state index is 12.8. The molecule has 0 bridgehead atoms. The molecule has 3 aromatic carbocycles. The molecule has 1 unspecified atom stereocenters. The lowest BCUT2D eigenvalue weighted by atomic mass is 10.00. The van der Waals surface area contributed by atoms with Gasteiger partial charge in [-0.3, -0.25) is 14.5 Å². The van der Waals surface area contributed by atoms with Gasteiger partial charge in [-0.25, -0.2) is 0 Å². The second-order valence-electron chi connectivity index (χ2n) is 7.59. The number of rotatable bonds is 5. The minimum atomic E-state index is -0.148. The molecule has 0 aromatic heterocycles. The van der Waals surface area contributed by atoms with Gasteiger partial charge < -0.3 is 5.32 Å². The number of nitrogens with zero attached hydrogens (tertiary/aromatic N) is 1. The third-order valence-electron chi connectivity index (χ3n) is 5.15. The molecule has 3 aromatic rings. The van der Waals surface area contributed by atoms with E-state index in [0.717, 1.165) is 22.5 Å². The Morgan fingerprint density at radius 1 is 1.00 bits per heavy atom. The Bertz CT molecular complexity index is 1070. The summed E-state index contributed by atoms with van der Waals surface area (Å²) in [6, 6.07) is 25.0. The first-order valence-corrected chi connectivity index (χ1v) is 11.1. The van der Waals surface area contributed by atoms with Gasteiger partial charge in [-0.1, -0.05) is 62.4 Å². The molecule has 5 heteroatoms. The number of carbonyl (C=O) groups is 2. The molecule has 4 nitrogen and oxygen atoms in total. The van der Waals surface area contributed by atoms with Gasteiger partial charge in [0.15, 0.2) is 0 Å². The molecule has 2 amide bonds. The molecule has 0 aliphatic carbocycles. The second-order valence-corrected chi connectivity index (χ2v) is 8.65. The maximum atomic E-state index is 12.8. The minimum absolute atomic E-state index is 0.108. The van der Waals surface area contributed by atoms with Gasteiger partial charge in [-0.05, 0) is 47.4 Å². The van der Waals surface area contributed by atoms with Crippen LogP contribution in [0.5, 0.6) is 0 Å². The highest BCUT2D eigenvalue weighted by atomic mass is 32.2. The van der Waals surface area contributed by atoms with Crippen molar-refractivity contribution in [3.05, 3.63) is 95.6 Å². The van der Waals surface area contributed by atoms with E-state index >= 15 is 0 Å². The van der Waals surface area contributed by atoms with Gasteiger partial charge >= 0.3 is 0 Å². The summed E-state index contributed by atoms with van der Waals surface area (Å²) in [6.07, 6.45) is 0. The van der Waals surface area contributed by atoms with E-state index in [-0.39, 0.29) is 17.2 Å². The van der Waals surface area contributed by atoms with Gasteiger partial charge in [0, 0.05) is 16.9 Å². The van der Waals surface area contributed by atoms with Crippen molar-refractivity contribution in [2.75, 3.05) is 16.0 Å². The summed E-state index contributed by atoms with van der Waals surface area (Å²) in [5.74, 6) is 0.719. The fraction of sp³-hybridized carbons (Fsp3) is 0.200. The van der Waals surface area contributed by atoms with Crippen LogP contribution in [0.4, 0.5) is 11.4 Å². The Kier molecular flexibility index (Phi) is 5.91. The number of carbonyl (C=O) groups excluding carboxylic acids is 2. The predicted octanol–water partition coefficient (Wildman–Crippen LogP) is 5.84. The third-order valence-corrected chi connectivity index (χ3v) is 6.36. The highest BCUT2D eigenvalue weighted by molar-refractivity contribution is 8.00. The molecule has 30 heavy (non-hydrogen) atoms. The van der Waals surface area contributed by atoms with Crippen LogP contribution < -0.4 is 10.2 Å². The molecule has 1 atom stereocenters. The van der Waals surface area contributed by atoms with E-state index in [1.165, 1.54) is 0 Å². The van der Waals surface area contributed by atoms with Gasteiger partial charge in [0.2, 0.25) is 5.91 Å². The van der Waals surface area contributed by atoms with Crippen LogP contribution in [-0.2, 0) is 4.79 Å². The molecule has 152 valence electrons. The minimum Gasteiger partial charge on any atom is -0.322 e. The molecule has 0 radical (unpaired) electrons. The molecule has 1 fully saturated rings. The highest BCUT2D eigenvalue weighted by Crippen LogP contribution is 2.44. The van der Waals surface area contributed by atoms with Crippen molar-refractivity contribution in [3.63, 3.8) is 0 Å². The number of amides is 2. The van der Waals surface area contributed by atoms with Crippen LogP contribution in [0.15, 0.2) is 78.9 Å². The molecular weight excluding hydrogens is 392 g/mol. The van der Waals surface area contributed by atoms with Crippen molar-refractivity contribution in [1.29, 1.82) is 0 Å². The van der Waals surface area contributed by atoms with Gasteiger partial charge in [0.25, 0.3) is 5.91 Å². The van der Waals surface area contributed by atoms with Crippen LogP contribution in [0.25, 0.3) is 0 Å². The molecule has 1 aliphatic rings. The standard InChI is InChI=1S/C25H24N2O2S/c1-17(2)21-13-6-7-14-22(21)27-23(28)16-30-25(27)19-11-8-12-20(15-19)26-24(29)18-9-4-3-5-10-18/h3-15,17,25H,16H2,1-2H3,(H,26,29). The lowest BCUT2D eigenvalue weighted by Crippen LogP contribution is -2.29. The molecule has 0 spiro atoms. The molecular formula is C25H24N2O2S. The molecule has 1 aliphatic heterocycles. The average molecular weight is 417 g/mol. The number of thioether (sulfide) groups is 1. The van der Waals surface area contributed by atoms with Crippen molar-refractivity contribution < 1.29 is 9.59 Å². The van der Waals surface area contributed by atoms with Crippen molar-refractivity contribution in [2.45, 2.75) is 25.1 Å². The quantitative estimate of drug-likeness (QED) is 0.568. The number of para-hydroxylation sites is 1. The van der Waals surface area contributed by atoms with Gasteiger partial charge in [0.05, 0.1) is 5.75 Å². The van der Waals surface area contributed by atoms with Crippen LogP contribution in [0.2, 0.25) is 0 Å². The summed E-state index contributed by atoms with van der Waals surface area (Å²) in [6.45, 7) is 4.28. The lowest BCUT2D eigenvalue weighted by molar-refractivity contribution is -0.115. The van der Waals surface area contributed by atoms with E-state index in [0.29, 0.717) is 17.2 Å². The SMILES string of the molecule is CC(C)c1ccccc1N1C(=O)CSC1c1cccc(NC(=O)c2ccccc2)c1. The van der Waals surface area contributed by atoms with Crippen molar-refractivity contribution in [1.82, 2.24) is 0 Å². The van der Waals surface area contributed by atoms with Gasteiger partial charge in [0.1, 0.15) is 5.37 Å². The topological polar surface area (TPSA) is 49.4 Å². The fourth-order valence-electron chi connectivity index (χ4n) is 3.69. The van der Waals surface area contributed by atoms with Gasteiger partial charge in [-0.2, -0.15) is 0 Å². The normalized spacial score (nSPS) is 16.2. The summed E-state index contributed by atoms with van der Waals surface area (Å²) in [5.41, 5.74) is 4.45. The van der Waals surface area contributed by atoms with E-state index < -0.39 is 0 Å². The first kappa shape index (κ1) is 20.2. The summed E-state index contributed by atoms with van der Waals surface area (Å²) in [4.78, 5) is 27.2. The van der Waals surface area contributed by atoms with Crippen LogP contribution >= 0.6 is 11.8 Å². The Labute approximate surface area is 181 Å². The van der Waals surface area contributed by atoms with Crippen LogP contribution in [0.1, 0.15) is 46.6 Å². The molecule has 1 heterocycles. The Morgan fingerprint density at radius 3 is 2.50 bits per heavy atom. The lowest BCUT2D eigenvalue weighted by Gasteiger charge is -2.28. The number of anilines is 2. The summed E-state index contributed by atoms with van der Waals surface area (Å²) >= 11 is 1.61. The van der Waals surface area contributed by atoms with Crippen molar-refractivity contribution >= 4 is 35.0 Å². The summed E-state index contributed by atoms with van der Waals surface area (Å²) in [7, 11) is 0. The Morgan fingerprint density at radius 2 is 1.73 bits per heavy atom. The molecule has 4 rings (SSSR count). The van der Waals surface area contributed by atoms with Crippen LogP contribution in [-0.4, -0.2) is 17.6 Å². The molecule has 1 saturated heterocycles. The Balaban J connectivity index is 1.63. The van der Waals surface area contributed by atoms with Crippen LogP contribution in [0.3, 0.4) is 0 Å². The number of hydrogen-bond acceptors (Lipinski definition) is 3.